The Morgan fingerprint density at radius 2 is 1.62 bits per heavy atom. The fraction of sp³-hybridized carbons (Fsp3) is 0.368. The van der Waals surface area contributed by atoms with E-state index in [0.29, 0.717) is 6.61 Å². The Labute approximate surface area is 127 Å². The first-order valence-electron chi connectivity index (χ1n) is 7.82. The van der Waals surface area contributed by atoms with Crippen LogP contribution in [-0.4, -0.2) is 7.05 Å². The number of ether oxygens (including phenoxy) is 1. The number of fused-ring (bicyclic) bond motifs is 1. The summed E-state index contributed by atoms with van der Waals surface area (Å²) in [6.45, 7) is 1.55. The van der Waals surface area contributed by atoms with E-state index in [9.17, 15) is 0 Å². The van der Waals surface area contributed by atoms with Crippen LogP contribution in [0, 0.1) is 0 Å². The molecule has 21 heavy (non-hydrogen) atoms. The van der Waals surface area contributed by atoms with Gasteiger partial charge in [-0.2, -0.15) is 0 Å². The number of benzene rings is 2. The molecule has 0 spiro atoms. The van der Waals surface area contributed by atoms with Crippen molar-refractivity contribution < 1.29 is 4.74 Å². The average Bonchev–Trinajstić information content (AvgIpc) is 2.54. The van der Waals surface area contributed by atoms with Gasteiger partial charge < -0.3 is 10.1 Å². The van der Waals surface area contributed by atoms with E-state index in [1.807, 2.05) is 7.05 Å². The van der Waals surface area contributed by atoms with Crippen LogP contribution in [0.2, 0.25) is 0 Å². The van der Waals surface area contributed by atoms with Crippen molar-refractivity contribution in [3.05, 3.63) is 64.7 Å². The molecule has 0 unspecified atom stereocenters. The molecule has 0 atom stereocenters. The Kier molecular flexibility index (Phi) is 4.56. The molecule has 2 heteroatoms. The number of aryl methyl sites for hydroxylation is 2. The van der Waals surface area contributed by atoms with Gasteiger partial charge in [-0.15, -0.1) is 0 Å². The van der Waals surface area contributed by atoms with Crippen LogP contribution in [0.1, 0.15) is 35.1 Å². The van der Waals surface area contributed by atoms with Gasteiger partial charge in [-0.1, -0.05) is 30.3 Å². The quantitative estimate of drug-likeness (QED) is 0.898. The number of hydrogen-bond acceptors (Lipinski definition) is 2. The molecule has 0 amide bonds. The van der Waals surface area contributed by atoms with Gasteiger partial charge in [-0.05, 0) is 67.1 Å². The van der Waals surface area contributed by atoms with Crippen LogP contribution in [0.4, 0.5) is 0 Å². The molecule has 2 nitrogen and oxygen atoms in total. The predicted molar refractivity (Wildman–Crippen MR) is 86.6 cm³/mol. The highest BCUT2D eigenvalue weighted by molar-refractivity contribution is 5.37. The van der Waals surface area contributed by atoms with Crippen LogP contribution in [0.3, 0.4) is 0 Å². The minimum atomic E-state index is 0.638. The molecule has 1 aliphatic rings. The highest BCUT2D eigenvalue weighted by Crippen LogP contribution is 2.25. The third kappa shape index (κ3) is 3.64. The van der Waals surface area contributed by atoms with E-state index >= 15 is 0 Å². The fourth-order valence-corrected chi connectivity index (χ4v) is 2.92. The molecule has 0 radical (unpaired) electrons. The maximum atomic E-state index is 5.94. The Morgan fingerprint density at radius 3 is 2.38 bits per heavy atom. The summed E-state index contributed by atoms with van der Waals surface area (Å²) in [7, 11) is 1.97. The van der Waals surface area contributed by atoms with Crippen molar-refractivity contribution in [2.75, 3.05) is 7.05 Å². The topological polar surface area (TPSA) is 21.3 Å². The van der Waals surface area contributed by atoms with Crippen LogP contribution in [-0.2, 0) is 26.0 Å². The first kappa shape index (κ1) is 14.2. The van der Waals surface area contributed by atoms with Crippen LogP contribution in [0.5, 0.6) is 5.75 Å². The molecule has 0 aromatic heterocycles. The van der Waals surface area contributed by atoms with Crippen molar-refractivity contribution in [3.8, 4) is 5.75 Å². The zero-order valence-corrected chi connectivity index (χ0v) is 12.7. The fourth-order valence-electron chi connectivity index (χ4n) is 2.92. The van der Waals surface area contributed by atoms with Crippen molar-refractivity contribution in [2.45, 2.75) is 38.8 Å². The Bertz CT molecular complexity index is 589. The Balaban J connectivity index is 1.61. The number of rotatable bonds is 5. The zero-order valence-electron chi connectivity index (χ0n) is 12.7. The van der Waals surface area contributed by atoms with Crippen molar-refractivity contribution >= 4 is 0 Å². The lowest BCUT2D eigenvalue weighted by Crippen LogP contribution is -2.05. The molecule has 2 aromatic rings. The van der Waals surface area contributed by atoms with Gasteiger partial charge in [0.25, 0.3) is 0 Å². The lowest BCUT2D eigenvalue weighted by molar-refractivity contribution is 0.305. The Hall–Kier alpha value is -1.80. The summed E-state index contributed by atoms with van der Waals surface area (Å²) in [5, 5.41) is 3.16. The molecule has 0 bridgehead atoms. The first-order chi connectivity index (χ1) is 10.3. The lowest BCUT2D eigenvalue weighted by Gasteiger charge is -2.17. The molecule has 1 aliphatic carbocycles. The molecule has 0 heterocycles. The van der Waals surface area contributed by atoms with Gasteiger partial charge in [0, 0.05) is 6.54 Å². The van der Waals surface area contributed by atoms with Crippen molar-refractivity contribution in [1.29, 1.82) is 0 Å². The summed E-state index contributed by atoms with van der Waals surface area (Å²) in [6, 6.07) is 15.2. The van der Waals surface area contributed by atoms with E-state index in [4.69, 9.17) is 4.74 Å². The smallest absolute Gasteiger partial charge is 0.120 e. The third-order valence-corrected chi connectivity index (χ3v) is 4.13. The zero-order chi connectivity index (χ0) is 14.5. The van der Waals surface area contributed by atoms with E-state index in [-0.39, 0.29) is 0 Å². The molecule has 0 saturated heterocycles. The molecule has 0 saturated carbocycles. The van der Waals surface area contributed by atoms with Gasteiger partial charge in [0.05, 0.1) is 0 Å². The monoisotopic (exact) mass is 281 g/mol. The standard InChI is InChI=1S/C19H23NO/c1-20-13-15-6-8-16(9-7-15)14-21-19-11-10-17-4-2-3-5-18(17)12-19/h6-12,20H,2-5,13-14H2,1H3. The van der Waals surface area contributed by atoms with Gasteiger partial charge in [-0.25, -0.2) is 0 Å². The second kappa shape index (κ2) is 6.77. The van der Waals surface area contributed by atoms with E-state index in [1.54, 1.807) is 0 Å². The Morgan fingerprint density at radius 1 is 0.905 bits per heavy atom. The maximum Gasteiger partial charge on any atom is 0.120 e. The summed E-state index contributed by atoms with van der Waals surface area (Å²) in [5.74, 6) is 0.995. The largest absolute Gasteiger partial charge is 0.489 e. The highest BCUT2D eigenvalue weighted by Gasteiger charge is 2.09. The normalized spacial score (nSPS) is 13.8. The minimum absolute atomic E-state index is 0.638. The summed E-state index contributed by atoms with van der Waals surface area (Å²) in [4.78, 5) is 0. The van der Waals surface area contributed by atoms with E-state index in [1.165, 1.54) is 47.9 Å². The van der Waals surface area contributed by atoms with Gasteiger partial charge in [-0.3, -0.25) is 0 Å². The maximum absolute atomic E-state index is 5.94. The van der Waals surface area contributed by atoms with Gasteiger partial charge >= 0.3 is 0 Å². The van der Waals surface area contributed by atoms with Gasteiger partial charge in [0.2, 0.25) is 0 Å². The van der Waals surface area contributed by atoms with Gasteiger partial charge in [0.15, 0.2) is 0 Å². The number of nitrogens with one attached hydrogen (secondary N) is 1. The molecule has 0 fully saturated rings. The highest BCUT2D eigenvalue weighted by atomic mass is 16.5. The lowest BCUT2D eigenvalue weighted by atomic mass is 9.92. The second-order valence-electron chi connectivity index (χ2n) is 5.77. The summed E-state index contributed by atoms with van der Waals surface area (Å²) >= 11 is 0. The van der Waals surface area contributed by atoms with Crippen LogP contribution in [0.15, 0.2) is 42.5 Å². The first-order valence-corrected chi connectivity index (χ1v) is 7.82. The third-order valence-electron chi connectivity index (χ3n) is 4.13. The van der Waals surface area contributed by atoms with Crippen molar-refractivity contribution in [1.82, 2.24) is 5.32 Å². The van der Waals surface area contributed by atoms with E-state index in [2.05, 4.69) is 47.8 Å². The molecule has 2 aromatic carbocycles. The van der Waals surface area contributed by atoms with Crippen LogP contribution < -0.4 is 10.1 Å². The van der Waals surface area contributed by atoms with E-state index < -0.39 is 0 Å². The average molecular weight is 281 g/mol. The molecular weight excluding hydrogens is 258 g/mol. The molecule has 0 aliphatic heterocycles. The SMILES string of the molecule is CNCc1ccc(COc2ccc3c(c2)CCCC3)cc1. The summed E-state index contributed by atoms with van der Waals surface area (Å²) in [5.41, 5.74) is 5.50. The van der Waals surface area contributed by atoms with Crippen LogP contribution in [0.25, 0.3) is 0 Å². The molecule has 1 N–H and O–H groups in total. The van der Waals surface area contributed by atoms with Crippen molar-refractivity contribution in [2.24, 2.45) is 0 Å². The molecular formula is C19H23NO. The second-order valence-corrected chi connectivity index (χ2v) is 5.77. The van der Waals surface area contributed by atoms with Crippen molar-refractivity contribution in [3.63, 3.8) is 0 Å². The molecule has 3 rings (SSSR count). The van der Waals surface area contributed by atoms with Gasteiger partial charge in [0.1, 0.15) is 12.4 Å². The summed E-state index contributed by atoms with van der Waals surface area (Å²) in [6.07, 6.45) is 5.06. The summed E-state index contributed by atoms with van der Waals surface area (Å²) < 4.78 is 5.94. The minimum Gasteiger partial charge on any atom is -0.489 e. The van der Waals surface area contributed by atoms with E-state index in [0.717, 1.165) is 12.3 Å². The predicted octanol–water partition coefficient (Wildman–Crippen LogP) is 3.86. The molecule has 110 valence electrons. The van der Waals surface area contributed by atoms with Crippen LogP contribution >= 0.6 is 0 Å². The number of hydrogen-bond donors (Lipinski definition) is 1.